The number of methoxy groups -OCH3 is 1. The molecule has 28 heavy (non-hydrogen) atoms. The molecule has 2 aromatic heterocycles. The number of hydrogen-bond acceptors (Lipinski definition) is 7. The van der Waals surface area contributed by atoms with E-state index in [0.717, 1.165) is 17.9 Å². The molecule has 1 amide bonds. The van der Waals surface area contributed by atoms with Gasteiger partial charge >= 0.3 is 0 Å². The molecule has 0 aliphatic rings. The third-order valence-corrected chi connectivity index (χ3v) is 4.68. The average molecular weight is 398 g/mol. The van der Waals surface area contributed by atoms with Crippen molar-refractivity contribution in [3.63, 3.8) is 0 Å². The lowest BCUT2D eigenvalue weighted by Crippen LogP contribution is -2.22. The van der Waals surface area contributed by atoms with Crippen molar-refractivity contribution >= 4 is 28.7 Å². The number of amides is 1. The molecule has 0 bridgehead atoms. The van der Waals surface area contributed by atoms with Crippen LogP contribution in [0.25, 0.3) is 0 Å². The summed E-state index contributed by atoms with van der Waals surface area (Å²) < 4.78 is 10.7. The highest BCUT2D eigenvalue weighted by Gasteiger charge is 2.08. The topological polar surface area (TPSA) is 76.6 Å². The van der Waals surface area contributed by atoms with Crippen molar-refractivity contribution in [1.82, 2.24) is 9.97 Å². The smallest absolute Gasteiger partial charge is 0.256 e. The quantitative estimate of drug-likeness (QED) is 0.595. The first-order valence-electron chi connectivity index (χ1n) is 8.73. The molecule has 2 heterocycles. The van der Waals surface area contributed by atoms with Gasteiger partial charge in [0.2, 0.25) is 0 Å². The van der Waals surface area contributed by atoms with E-state index in [4.69, 9.17) is 9.47 Å². The molecule has 0 fully saturated rings. The fraction of sp³-hybridized carbons (Fsp3) is 0.250. The molecule has 0 spiro atoms. The van der Waals surface area contributed by atoms with Crippen LogP contribution >= 0.6 is 11.3 Å². The van der Waals surface area contributed by atoms with E-state index in [-0.39, 0.29) is 5.91 Å². The Hall–Kier alpha value is -2.97. The number of rotatable bonds is 9. The fourth-order valence-electron chi connectivity index (χ4n) is 2.40. The number of pyridine rings is 1. The van der Waals surface area contributed by atoms with E-state index < -0.39 is 0 Å². The highest BCUT2D eigenvalue weighted by Crippen LogP contribution is 2.17. The van der Waals surface area contributed by atoms with Crippen LogP contribution < -0.4 is 15.0 Å². The minimum absolute atomic E-state index is 0.223. The molecule has 1 N–H and O–H groups in total. The molecule has 1 aromatic carbocycles. The first kappa shape index (κ1) is 19.8. The minimum atomic E-state index is -0.223. The van der Waals surface area contributed by atoms with Gasteiger partial charge in [-0.25, -0.2) is 9.97 Å². The van der Waals surface area contributed by atoms with Gasteiger partial charge in [-0.15, -0.1) is 11.3 Å². The number of anilines is 2. The van der Waals surface area contributed by atoms with Crippen LogP contribution in [0.2, 0.25) is 0 Å². The molecule has 7 nitrogen and oxygen atoms in total. The summed E-state index contributed by atoms with van der Waals surface area (Å²) >= 11 is 1.53. The minimum Gasteiger partial charge on any atom is -0.487 e. The molecule has 3 rings (SSSR count). The van der Waals surface area contributed by atoms with Crippen molar-refractivity contribution in [3.8, 4) is 5.75 Å². The Balaban J connectivity index is 1.53. The van der Waals surface area contributed by atoms with Crippen LogP contribution in [0.1, 0.15) is 16.1 Å². The lowest BCUT2D eigenvalue weighted by Gasteiger charge is -2.18. The van der Waals surface area contributed by atoms with Gasteiger partial charge < -0.3 is 19.7 Å². The Bertz CT molecular complexity index is 867. The monoisotopic (exact) mass is 398 g/mol. The maximum Gasteiger partial charge on any atom is 0.256 e. The van der Waals surface area contributed by atoms with Gasteiger partial charge in [-0.2, -0.15) is 0 Å². The number of nitrogens with one attached hydrogen (secondary N) is 1. The lowest BCUT2D eigenvalue weighted by atomic mass is 10.2. The molecule has 0 unspecified atom stereocenters. The van der Waals surface area contributed by atoms with Crippen molar-refractivity contribution in [2.24, 2.45) is 0 Å². The van der Waals surface area contributed by atoms with Crippen LogP contribution in [0.15, 0.2) is 53.5 Å². The summed E-state index contributed by atoms with van der Waals surface area (Å²) in [6, 6.07) is 10.7. The maximum atomic E-state index is 12.4. The number of benzene rings is 1. The Labute approximate surface area is 168 Å². The third-order valence-electron chi connectivity index (χ3n) is 4.05. The van der Waals surface area contributed by atoms with Gasteiger partial charge in [-0.3, -0.25) is 4.79 Å². The number of carbonyl (C=O) groups excluding carboxylic acids is 1. The molecule has 0 aliphatic heterocycles. The normalized spacial score (nSPS) is 10.5. The van der Waals surface area contributed by atoms with E-state index in [1.165, 1.54) is 11.3 Å². The number of thiazole rings is 1. The maximum absolute atomic E-state index is 12.4. The molecule has 0 saturated carbocycles. The van der Waals surface area contributed by atoms with Gasteiger partial charge in [0.25, 0.3) is 5.91 Å². The summed E-state index contributed by atoms with van der Waals surface area (Å²) in [5.74, 6) is 0.961. The zero-order valence-corrected chi connectivity index (χ0v) is 16.6. The second kappa shape index (κ2) is 9.82. The zero-order chi connectivity index (χ0) is 19.8. The summed E-state index contributed by atoms with van der Waals surface area (Å²) in [6.07, 6.45) is 1.72. The molecule has 0 saturated heterocycles. The second-order valence-electron chi connectivity index (χ2n) is 6.06. The first-order valence-corrected chi connectivity index (χ1v) is 9.67. The summed E-state index contributed by atoms with van der Waals surface area (Å²) in [5, 5.41) is 4.74. The molecular weight excluding hydrogens is 376 g/mol. The van der Waals surface area contributed by atoms with Gasteiger partial charge in [-0.05, 0) is 36.4 Å². The van der Waals surface area contributed by atoms with Crippen LogP contribution in [0.4, 0.5) is 11.5 Å². The van der Waals surface area contributed by atoms with E-state index >= 15 is 0 Å². The highest BCUT2D eigenvalue weighted by molar-refractivity contribution is 7.07. The van der Waals surface area contributed by atoms with Crippen LogP contribution in [-0.4, -0.2) is 43.2 Å². The van der Waals surface area contributed by atoms with E-state index in [2.05, 4.69) is 15.3 Å². The molecule has 0 radical (unpaired) electrons. The van der Waals surface area contributed by atoms with Gasteiger partial charge in [0, 0.05) is 31.6 Å². The van der Waals surface area contributed by atoms with E-state index in [1.807, 2.05) is 23.4 Å². The fourth-order valence-corrected chi connectivity index (χ4v) is 2.94. The molecule has 146 valence electrons. The predicted octanol–water partition coefficient (Wildman–Crippen LogP) is 3.45. The first-order chi connectivity index (χ1) is 13.7. The second-order valence-corrected chi connectivity index (χ2v) is 6.78. The van der Waals surface area contributed by atoms with Crippen molar-refractivity contribution in [2.75, 3.05) is 37.5 Å². The Morgan fingerprint density at radius 1 is 1.18 bits per heavy atom. The van der Waals surface area contributed by atoms with Crippen LogP contribution in [0, 0.1) is 0 Å². The van der Waals surface area contributed by atoms with Crippen molar-refractivity contribution in [3.05, 3.63) is 64.7 Å². The van der Waals surface area contributed by atoms with Crippen molar-refractivity contribution in [1.29, 1.82) is 0 Å². The van der Waals surface area contributed by atoms with Crippen LogP contribution in [0.5, 0.6) is 5.75 Å². The summed E-state index contributed by atoms with van der Waals surface area (Å²) in [5.41, 5.74) is 4.14. The van der Waals surface area contributed by atoms with Gasteiger partial charge in [0.15, 0.2) is 0 Å². The van der Waals surface area contributed by atoms with E-state index in [1.54, 1.807) is 49.1 Å². The average Bonchev–Trinajstić information content (AvgIpc) is 3.25. The number of carbonyl (C=O) groups is 1. The largest absolute Gasteiger partial charge is 0.487 e. The van der Waals surface area contributed by atoms with Gasteiger partial charge in [0.1, 0.15) is 18.2 Å². The number of hydrogen-bond donors (Lipinski definition) is 1. The number of nitrogens with zero attached hydrogens (tertiary/aromatic N) is 3. The summed E-state index contributed by atoms with van der Waals surface area (Å²) in [4.78, 5) is 22.9. The Morgan fingerprint density at radius 3 is 2.64 bits per heavy atom. The summed E-state index contributed by atoms with van der Waals surface area (Å²) in [7, 11) is 3.64. The predicted molar refractivity (Wildman–Crippen MR) is 110 cm³/mol. The Kier molecular flexibility index (Phi) is 6.94. The lowest BCUT2D eigenvalue weighted by molar-refractivity contribution is 0.102. The van der Waals surface area contributed by atoms with E-state index in [0.29, 0.717) is 30.3 Å². The number of likely N-dealkylation sites (N-methyl/N-ethyl adjacent to an activating group) is 1. The Morgan fingerprint density at radius 2 is 2.00 bits per heavy atom. The number of ether oxygens (including phenoxy) is 2. The van der Waals surface area contributed by atoms with E-state index in [9.17, 15) is 4.79 Å². The SMILES string of the molecule is COCCN(C)c1ccc(NC(=O)c2ccc(OCc3cscn3)cc2)nc1. The molecule has 0 atom stereocenters. The summed E-state index contributed by atoms with van der Waals surface area (Å²) in [6.45, 7) is 1.81. The molecular formula is C20H22N4O3S. The van der Waals surface area contributed by atoms with Crippen LogP contribution in [0.3, 0.4) is 0 Å². The molecule has 0 aliphatic carbocycles. The highest BCUT2D eigenvalue weighted by atomic mass is 32.1. The molecule has 3 aromatic rings. The third kappa shape index (κ3) is 5.51. The van der Waals surface area contributed by atoms with Gasteiger partial charge in [0.05, 0.1) is 29.7 Å². The standard InChI is InChI=1S/C20H22N4O3S/c1-24(9-10-26-2)17-5-8-19(21-11-17)23-20(25)15-3-6-18(7-4-15)27-12-16-13-28-14-22-16/h3-8,11,13-14H,9-10,12H2,1-2H3,(H,21,23,25). The number of aromatic nitrogens is 2. The van der Waals surface area contributed by atoms with Gasteiger partial charge in [-0.1, -0.05) is 0 Å². The van der Waals surface area contributed by atoms with Crippen molar-refractivity contribution < 1.29 is 14.3 Å². The molecule has 8 heteroatoms. The van der Waals surface area contributed by atoms with Crippen LogP contribution in [-0.2, 0) is 11.3 Å². The zero-order valence-electron chi connectivity index (χ0n) is 15.8. The van der Waals surface area contributed by atoms with Crippen molar-refractivity contribution in [2.45, 2.75) is 6.61 Å².